The minimum absolute atomic E-state index is 0.0826. The number of methoxy groups -OCH3 is 8. The van der Waals surface area contributed by atoms with Crippen molar-refractivity contribution < 1.29 is 92.4 Å². The summed E-state index contributed by atoms with van der Waals surface area (Å²) in [5, 5.41) is 34.7. The molecular formula is C98H86F3N17O17S8. The number of pyridine rings is 1. The summed E-state index contributed by atoms with van der Waals surface area (Å²) in [5.74, 6) is 8.47. The van der Waals surface area contributed by atoms with Crippen molar-refractivity contribution in [3.05, 3.63) is 201 Å². The zero-order valence-electron chi connectivity index (χ0n) is 78.0. The van der Waals surface area contributed by atoms with Crippen molar-refractivity contribution >= 4 is 154 Å². The van der Waals surface area contributed by atoms with E-state index in [1.54, 1.807) is 171 Å². The molecule has 17 heterocycles. The normalized spacial score (nSPS) is 14.5. The number of benzene rings is 5. The first kappa shape index (κ1) is 94.7. The fourth-order valence-electron chi connectivity index (χ4n) is 16.3. The van der Waals surface area contributed by atoms with Gasteiger partial charge in [-0.3, -0.25) is 4.98 Å². The van der Waals surface area contributed by atoms with Gasteiger partial charge < -0.3 is 79.2 Å². The molecule has 2 saturated carbocycles. The lowest BCUT2D eigenvalue weighted by Crippen LogP contribution is -2.25. The molecular weight excluding hydrogens is 2000 g/mol. The SMILES string of the molecule is COc1cc(OCc2csc(-c3ccc(OC(C)(F)F)cc3)n2)c2cc(-c3cn4nc(OC)sc4n3)oc2c1.COc1cc(OCc2csc(-c3cccnc3)n2)c2cc(-c3cn4nc(OC)sc4n3)oc2c1.COc1cc(OCc2csc(C3CCC(C)(F)CC3)n2)c2cc(-c3cn4nc(OC)sc4n3)oc2c1.COc1cc(OCc2csc(C3CCCCC3)n2)c2cc(-c3cn4nc(OC)sc4n3)oc2c1. The van der Waals surface area contributed by atoms with Crippen molar-refractivity contribution in [2.45, 2.75) is 122 Å². The first-order valence-corrected chi connectivity index (χ1v) is 51.5. The van der Waals surface area contributed by atoms with Crippen LogP contribution in [0, 0.1) is 0 Å². The summed E-state index contributed by atoms with van der Waals surface area (Å²) in [4.78, 5) is 44.4. The molecule has 0 N–H and O–H groups in total. The van der Waals surface area contributed by atoms with Crippen molar-refractivity contribution in [1.82, 2.24) is 83.3 Å². The summed E-state index contributed by atoms with van der Waals surface area (Å²) in [5.41, 5.74) is 9.27. The Labute approximate surface area is 842 Å². The summed E-state index contributed by atoms with van der Waals surface area (Å²) in [6.07, 6.45) is 16.8. The lowest BCUT2D eigenvalue weighted by molar-refractivity contribution is -0.158. The highest BCUT2D eigenvalue weighted by molar-refractivity contribution is 7.19. The number of aromatic nitrogens is 17. The molecule has 734 valence electrons. The van der Waals surface area contributed by atoms with Crippen LogP contribution in [0.1, 0.15) is 116 Å². The molecule has 22 aromatic rings. The molecule has 0 spiro atoms. The van der Waals surface area contributed by atoms with Crippen LogP contribution in [-0.4, -0.2) is 152 Å². The van der Waals surface area contributed by atoms with E-state index in [0.717, 1.165) is 82.6 Å². The number of rotatable bonds is 30. The van der Waals surface area contributed by atoms with E-state index in [1.165, 1.54) is 106 Å². The lowest BCUT2D eigenvalue weighted by atomic mass is 9.81. The van der Waals surface area contributed by atoms with Gasteiger partial charge in [0, 0.05) is 112 Å². The zero-order valence-corrected chi connectivity index (χ0v) is 84.5. The molecule has 0 amide bonds. The van der Waals surface area contributed by atoms with Crippen LogP contribution in [-0.2, 0) is 26.4 Å². The van der Waals surface area contributed by atoms with Gasteiger partial charge in [0.15, 0.2) is 23.0 Å². The van der Waals surface area contributed by atoms with Crippen molar-refractivity contribution in [2.24, 2.45) is 0 Å². The highest BCUT2D eigenvalue weighted by atomic mass is 32.1. The zero-order chi connectivity index (χ0) is 98.2. The van der Waals surface area contributed by atoms with Gasteiger partial charge >= 0.3 is 6.11 Å². The van der Waals surface area contributed by atoms with Gasteiger partial charge in [0.05, 0.1) is 136 Å². The van der Waals surface area contributed by atoms with Crippen LogP contribution in [0.2, 0.25) is 0 Å². The Morgan fingerprint density at radius 2 is 0.720 bits per heavy atom. The number of ether oxygens (including phenoxy) is 13. The first-order valence-electron chi connectivity index (χ1n) is 44.7. The van der Waals surface area contributed by atoms with E-state index in [1.807, 2.05) is 95.1 Å². The summed E-state index contributed by atoms with van der Waals surface area (Å²) in [6.45, 7) is 3.62. The fourth-order valence-corrected chi connectivity index (χ4v) is 22.6. The molecule has 0 aliphatic heterocycles. The molecule has 45 heteroatoms. The number of nitrogens with zero attached hydrogens (tertiary/aromatic N) is 17. The second-order valence-corrected chi connectivity index (χ2v) is 40.5. The topological polar surface area (TPSA) is 358 Å². The Morgan fingerprint density at radius 1 is 0.385 bits per heavy atom. The molecule has 2 fully saturated rings. The maximum Gasteiger partial charge on any atom is 0.394 e. The quantitative estimate of drug-likeness (QED) is 0.0403. The van der Waals surface area contributed by atoms with E-state index in [2.05, 4.69) is 65.4 Å². The van der Waals surface area contributed by atoms with Crippen molar-refractivity contribution in [1.29, 1.82) is 0 Å². The number of halogens is 3. The molecule has 0 radical (unpaired) electrons. The highest BCUT2D eigenvalue weighted by Crippen LogP contribution is 2.47. The minimum atomic E-state index is -3.24. The predicted octanol–water partition coefficient (Wildman–Crippen LogP) is 25.2. The van der Waals surface area contributed by atoms with E-state index in [0.29, 0.717) is 207 Å². The molecule has 24 rings (SSSR count). The average molecular weight is 2090 g/mol. The van der Waals surface area contributed by atoms with Gasteiger partial charge in [-0.25, -0.2) is 62.3 Å². The van der Waals surface area contributed by atoms with Crippen LogP contribution in [0.25, 0.3) is 131 Å². The van der Waals surface area contributed by atoms with Crippen LogP contribution >= 0.6 is 90.7 Å². The maximum absolute atomic E-state index is 14.2. The van der Waals surface area contributed by atoms with Gasteiger partial charge in [-0.2, -0.15) is 8.78 Å². The molecule has 0 saturated heterocycles. The molecule has 2 aliphatic rings. The van der Waals surface area contributed by atoms with Crippen LogP contribution in [0.4, 0.5) is 13.2 Å². The van der Waals surface area contributed by atoms with E-state index in [-0.39, 0.29) is 12.4 Å². The number of furan rings is 4. The Morgan fingerprint density at radius 3 is 1.04 bits per heavy atom. The van der Waals surface area contributed by atoms with Gasteiger partial charge in [0.2, 0.25) is 19.8 Å². The molecule has 0 bridgehead atoms. The third-order valence-corrected chi connectivity index (χ3v) is 31.0. The summed E-state index contributed by atoms with van der Waals surface area (Å²) in [7, 11) is 12.7. The largest absolute Gasteiger partial charge is 0.496 e. The number of thiazole rings is 4. The molecule has 34 nitrogen and oxygen atoms in total. The molecule has 0 unspecified atom stereocenters. The first-order chi connectivity index (χ1) is 69.6. The van der Waals surface area contributed by atoms with Crippen molar-refractivity contribution in [3.63, 3.8) is 0 Å². The van der Waals surface area contributed by atoms with Crippen molar-refractivity contribution in [3.8, 4) is 139 Å². The second-order valence-electron chi connectivity index (χ2n) is 33.3. The molecule has 143 heavy (non-hydrogen) atoms. The standard InChI is InChI=1S/C26H20F2N4O5S2.C25H25FN4O4S2.C24H24N4O4S2.C23H17N5O4S2/c1-26(27,28)37-16-6-4-14(5-7-16)23-29-15(13-38-23)12-35-20-8-17(33-2)9-21-18(20)10-22(36-21)19-11-32-24(30-19)39-25(31-32)34-3;1-25(26)6-4-14(5-7-25)22-27-15(13-35-22)12-33-19-8-16(31-2)9-20-17(19)10-21(34-20)18-11-30-23(28-18)36-24(29-30)32-3;1-29-16-8-19(31-12-15-13-33-22(25-15)14-6-4-3-5-7-14)17-10-21(32-20(17)9-16)18-11-28-23(26-18)34-24(27-28)30-2;1-29-15-6-18(31-11-14-12-33-21(25-14)13-4-3-5-24-9-13)16-8-20(32-19(16)7-15)17-10-28-22(26-17)34-23(27-28)30-2/h4-11,13H,12H2,1-3H3;8-11,13-14H,4-7,12H2,1-3H3;8-11,13-14H,3-7,12H2,1-2H3;3-10,12H,11H2,1-2H3. The third-order valence-electron chi connectivity index (χ3n) is 23.4. The van der Waals surface area contributed by atoms with Crippen LogP contribution < -0.4 is 61.6 Å². The number of hydrogen-bond acceptors (Lipinski definition) is 38. The monoisotopic (exact) mass is 2090 g/mol. The number of hydrogen-bond donors (Lipinski definition) is 0. The van der Waals surface area contributed by atoms with E-state index in [4.69, 9.17) is 84.5 Å². The molecule has 0 atom stereocenters. The maximum atomic E-state index is 14.2. The van der Waals surface area contributed by atoms with Gasteiger partial charge in [-0.15, -0.1) is 65.7 Å². The van der Waals surface area contributed by atoms with Gasteiger partial charge in [-0.05, 0) is 151 Å². The second kappa shape index (κ2) is 40.9. The van der Waals surface area contributed by atoms with Crippen LogP contribution in [0.15, 0.2) is 186 Å². The average Bonchev–Trinajstić information content (AvgIpc) is 1.63. The van der Waals surface area contributed by atoms with E-state index >= 15 is 0 Å². The Bertz CT molecular complexity index is 8110. The highest BCUT2D eigenvalue weighted by Gasteiger charge is 2.34. The molecule has 2 aliphatic carbocycles. The minimum Gasteiger partial charge on any atom is -0.496 e. The fraction of sp³-hybridized carbons (Fsp3) is 0.276. The van der Waals surface area contributed by atoms with Crippen LogP contribution in [0.3, 0.4) is 0 Å². The molecule has 17 aromatic heterocycles. The Hall–Kier alpha value is -14.5. The van der Waals surface area contributed by atoms with E-state index < -0.39 is 11.8 Å². The van der Waals surface area contributed by atoms with E-state index in [9.17, 15) is 13.2 Å². The summed E-state index contributed by atoms with van der Waals surface area (Å²) < 4.78 is 143. The number of alkyl halides is 3. The van der Waals surface area contributed by atoms with Gasteiger partial charge in [0.25, 0.3) is 20.8 Å². The number of fused-ring (bicyclic) bond motifs is 8. The van der Waals surface area contributed by atoms with Crippen molar-refractivity contribution in [2.75, 3.05) is 56.9 Å². The number of imidazole rings is 4. The predicted molar refractivity (Wildman–Crippen MR) is 539 cm³/mol. The van der Waals surface area contributed by atoms with Gasteiger partial charge in [-0.1, -0.05) is 19.3 Å². The Kier molecular flexibility index (Phi) is 27.1. The lowest BCUT2D eigenvalue weighted by Gasteiger charge is -2.29. The Balaban J connectivity index is 0.000000113. The third kappa shape index (κ3) is 21.1. The summed E-state index contributed by atoms with van der Waals surface area (Å²) >= 11 is 11.8. The van der Waals surface area contributed by atoms with Gasteiger partial charge in [0.1, 0.15) is 139 Å². The van der Waals surface area contributed by atoms with Crippen LogP contribution in [0.5, 0.6) is 72.5 Å². The summed E-state index contributed by atoms with van der Waals surface area (Å²) in [6, 6.07) is 32.5. The smallest absolute Gasteiger partial charge is 0.394 e. The molecule has 5 aromatic carbocycles.